The van der Waals surface area contributed by atoms with Crippen LogP contribution in [0, 0.1) is 11.7 Å². The highest BCUT2D eigenvalue weighted by atomic mass is 19.4. The molecule has 1 saturated carbocycles. The summed E-state index contributed by atoms with van der Waals surface area (Å²) in [7, 11) is 0. The first-order chi connectivity index (χ1) is 15.8. The van der Waals surface area contributed by atoms with E-state index in [0.717, 1.165) is 10.5 Å². The summed E-state index contributed by atoms with van der Waals surface area (Å²) >= 11 is 0. The van der Waals surface area contributed by atoms with Crippen LogP contribution in [0.3, 0.4) is 0 Å². The molecular formula is C24H33F4N3O3. The van der Waals surface area contributed by atoms with Crippen molar-refractivity contribution in [2.45, 2.75) is 63.8 Å². The van der Waals surface area contributed by atoms with Crippen LogP contribution in [0.15, 0.2) is 24.3 Å². The zero-order valence-electron chi connectivity index (χ0n) is 19.8. The van der Waals surface area contributed by atoms with Crippen LogP contribution < -0.4 is 5.32 Å². The Morgan fingerprint density at radius 1 is 1.12 bits per heavy atom. The minimum Gasteiger partial charge on any atom is -0.444 e. The van der Waals surface area contributed by atoms with Crippen molar-refractivity contribution in [2.75, 3.05) is 32.7 Å². The van der Waals surface area contributed by atoms with E-state index in [1.54, 1.807) is 32.9 Å². The molecule has 0 spiro atoms. The van der Waals surface area contributed by atoms with Crippen LogP contribution in [0.4, 0.5) is 22.4 Å². The number of amides is 2. The summed E-state index contributed by atoms with van der Waals surface area (Å²) < 4.78 is 58.3. The SMILES string of the molecule is CC(C)(C)OC(=O)NCCN1CCC(CN(C(=O)C(F)(F)F)C2CC2c2ccc(F)cc2)CC1. The monoisotopic (exact) mass is 487 g/mol. The highest BCUT2D eigenvalue weighted by Crippen LogP contribution is 2.46. The van der Waals surface area contributed by atoms with Gasteiger partial charge in [-0.05, 0) is 76.7 Å². The number of halogens is 4. The van der Waals surface area contributed by atoms with E-state index in [-0.39, 0.29) is 18.4 Å². The molecule has 1 aliphatic carbocycles. The fraction of sp³-hybridized carbons (Fsp3) is 0.667. The van der Waals surface area contributed by atoms with Crippen molar-refractivity contribution < 1.29 is 31.9 Å². The third-order valence-electron chi connectivity index (χ3n) is 6.22. The Labute approximate surface area is 197 Å². The van der Waals surface area contributed by atoms with Crippen LogP contribution in [0.2, 0.25) is 0 Å². The summed E-state index contributed by atoms with van der Waals surface area (Å²) in [5.74, 6) is -2.44. The molecule has 10 heteroatoms. The number of alkyl carbamates (subject to hydrolysis) is 1. The number of piperidine rings is 1. The van der Waals surface area contributed by atoms with E-state index in [1.807, 2.05) is 0 Å². The number of nitrogens with one attached hydrogen (secondary N) is 1. The molecule has 2 atom stereocenters. The Morgan fingerprint density at radius 3 is 2.29 bits per heavy atom. The first kappa shape index (κ1) is 26.2. The average Bonchev–Trinajstić information content (AvgIpc) is 3.52. The number of likely N-dealkylation sites (tertiary alicyclic amines) is 1. The van der Waals surface area contributed by atoms with Crippen LogP contribution in [-0.2, 0) is 9.53 Å². The third-order valence-corrected chi connectivity index (χ3v) is 6.22. The summed E-state index contributed by atoms with van der Waals surface area (Å²) in [4.78, 5) is 27.1. The number of carbonyl (C=O) groups is 2. The maximum atomic E-state index is 13.3. The second-order valence-corrected chi connectivity index (χ2v) is 10.1. The minimum atomic E-state index is -4.93. The highest BCUT2D eigenvalue weighted by Gasteiger charge is 2.52. The highest BCUT2D eigenvalue weighted by molar-refractivity contribution is 5.82. The molecule has 1 heterocycles. The van der Waals surface area contributed by atoms with E-state index in [9.17, 15) is 27.2 Å². The van der Waals surface area contributed by atoms with Crippen molar-refractivity contribution in [3.63, 3.8) is 0 Å². The minimum absolute atomic E-state index is 0.0316. The van der Waals surface area contributed by atoms with Gasteiger partial charge >= 0.3 is 18.2 Å². The molecular weight excluding hydrogens is 454 g/mol. The van der Waals surface area contributed by atoms with E-state index in [1.165, 1.54) is 12.1 Å². The van der Waals surface area contributed by atoms with Gasteiger partial charge in [0.2, 0.25) is 0 Å². The average molecular weight is 488 g/mol. The maximum absolute atomic E-state index is 13.3. The Balaban J connectivity index is 1.49. The van der Waals surface area contributed by atoms with Crippen molar-refractivity contribution in [3.05, 3.63) is 35.6 Å². The second kappa shape index (κ2) is 10.5. The lowest BCUT2D eigenvalue weighted by atomic mass is 9.95. The van der Waals surface area contributed by atoms with E-state index in [2.05, 4.69) is 10.2 Å². The molecule has 0 aromatic heterocycles. The van der Waals surface area contributed by atoms with Crippen LogP contribution in [0.25, 0.3) is 0 Å². The lowest BCUT2D eigenvalue weighted by Gasteiger charge is -2.35. The predicted molar refractivity (Wildman–Crippen MR) is 119 cm³/mol. The van der Waals surface area contributed by atoms with Gasteiger partial charge in [-0.1, -0.05) is 12.1 Å². The lowest BCUT2D eigenvalue weighted by Crippen LogP contribution is -2.47. The van der Waals surface area contributed by atoms with Crippen LogP contribution in [-0.4, -0.2) is 72.3 Å². The summed E-state index contributed by atoms with van der Waals surface area (Å²) in [6.07, 6.45) is -3.62. The molecule has 2 unspecified atom stereocenters. The number of nitrogens with zero attached hydrogens (tertiary/aromatic N) is 2. The fourth-order valence-electron chi connectivity index (χ4n) is 4.43. The van der Waals surface area contributed by atoms with Gasteiger partial charge in [0.05, 0.1) is 0 Å². The number of alkyl halides is 3. The molecule has 0 radical (unpaired) electrons. The molecule has 1 aliphatic heterocycles. The van der Waals surface area contributed by atoms with Crippen molar-refractivity contribution >= 4 is 12.0 Å². The molecule has 0 bridgehead atoms. The zero-order chi connectivity index (χ0) is 25.1. The molecule has 1 aromatic rings. The van der Waals surface area contributed by atoms with Crippen LogP contribution in [0.1, 0.15) is 51.5 Å². The quantitative estimate of drug-likeness (QED) is 0.583. The van der Waals surface area contributed by atoms with Gasteiger partial charge in [-0.3, -0.25) is 4.79 Å². The fourth-order valence-corrected chi connectivity index (χ4v) is 4.43. The van der Waals surface area contributed by atoms with Gasteiger partial charge in [0.25, 0.3) is 0 Å². The first-order valence-corrected chi connectivity index (χ1v) is 11.7. The number of hydrogen-bond donors (Lipinski definition) is 1. The van der Waals surface area contributed by atoms with E-state index in [0.29, 0.717) is 45.4 Å². The molecule has 34 heavy (non-hydrogen) atoms. The van der Waals surface area contributed by atoms with Crippen molar-refractivity contribution in [3.8, 4) is 0 Å². The Morgan fingerprint density at radius 2 is 1.74 bits per heavy atom. The normalized spacial score (nSPS) is 21.7. The Kier molecular flexibility index (Phi) is 8.10. The molecule has 1 saturated heterocycles. The molecule has 2 aliphatic rings. The molecule has 2 fully saturated rings. The third kappa shape index (κ3) is 7.58. The van der Waals surface area contributed by atoms with E-state index >= 15 is 0 Å². The second-order valence-electron chi connectivity index (χ2n) is 10.1. The molecule has 190 valence electrons. The number of ether oxygens (including phenoxy) is 1. The topological polar surface area (TPSA) is 61.9 Å². The molecule has 1 aromatic carbocycles. The number of benzene rings is 1. The smallest absolute Gasteiger partial charge is 0.444 e. The molecule has 3 rings (SSSR count). The van der Waals surface area contributed by atoms with E-state index < -0.39 is 35.6 Å². The summed E-state index contributed by atoms with van der Waals surface area (Å²) in [6, 6.07) is 5.19. The Hall–Kier alpha value is -2.36. The zero-order valence-corrected chi connectivity index (χ0v) is 19.8. The number of carbonyl (C=O) groups excluding carboxylic acids is 2. The Bertz CT molecular complexity index is 847. The van der Waals surface area contributed by atoms with Crippen molar-refractivity contribution in [1.82, 2.24) is 15.1 Å². The van der Waals surface area contributed by atoms with Gasteiger partial charge in [-0.2, -0.15) is 13.2 Å². The van der Waals surface area contributed by atoms with Crippen molar-refractivity contribution in [2.24, 2.45) is 5.92 Å². The molecule has 1 N–H and O–H groups in total. The van der Waals surface area contributed by atoms with Gasteiger partial charge < -0.3 is 19.9 Å². The van der Waals surface area contributed by atoms with Gasteiger partial charge in [0.15, 0.2) is 0 Å². The van der Waals surface area contributed by atoms with Crippen molar-refractivity contribution in [1.29, 1.82) is 0 Å². The van der Waals surface area contributed by atoms with Gasteiger partial charge in [-0.15, -0.1) is 0 Å². The molecule has 2 amide bonds. The first-order valence-electron chi connectivity index (χ1n) is 11.7. The maximum Gasteiger partial charge on any atom is 0.471 e. The lowest BCUT2D eigenvalue weighted by molar-refractivity contribution is -0.187. The number of hydrogen-bond acceptors (Lipinski definition) is 4. The largest absolute Gasteiger partial charge is 0.471 e. The van der Waals surface area contributed by atoms with Gasteiger partial charge in [0.1, 0.15) is 11.4 Å². The predicted octanol–water partition coefficient (Wildman–Crippen LogP) is 4.31. The van der Waals surface area contributed by atoms with Crippen LogP contribution in [0.5, 0.6) is 0 Å². The van der Waals surface area contributed by atoms with E-state index in [4.69, 9.17) is 4.74 Å². The summed E-state index contributed by atoms with van der Waals surface area (Å²) in [5.41, 5.74) is 0.179. The van der Waals surface area contributed by atoms with Gasteiger partial charge in [0, 0.05) is 31.6 Å². The van der Waals surface area contributed by atoms with Crippen LogP contribution >= 0.6 is 0 Å². The number of rotatable bonds is 7. The summed E-state index contributed by atoms with van der Waals surface area (Å²) in [5, 5.41) is 2.70. The summed E-state index contributed by atoms with van der Waals surface area (Å²) in [6.45, 7) is 7.81. The standard InChI is InChI=1S/C24H33F4N3O3/c1-23(2,3)34-22(33)29-10-13-30-11-8-16(9-12-30)15-31(21(32)24(26,27)28)20-14-19(20)17-4-6-18(25)7-5-17/h4-7,16,19-20H,8-15H2,1-3H3,(H,29,33). The van der Waals surface area contributed by atoms with Gasteiger partial charge in [-0.25, -0.2) is 9.18 Å². The molecule has 6 nitrogen and oxygen atoms in total.